The summed E-state index contributed by atoms with van der Waals surface area (Å²) in [5, 5.41) is 7.32. The average molecular weight is 402 g/mol. The smallest absolute Gasteiger partial charge is 0.222 e. The Labute approximate surface area is 173 Å². The van der Waals surface area contributed by atoms with Crippen LogP contribution in [0.4, 0.5) is 0 Å². The molecule has 1 aromatic rings. The number of aromatic nitrogens is 2. The molecule has 29 heavy (non-hydrogen) atoms. The number of likely N-dealkylation sites (tertiary alicyclic amines) is 3. The van der Waals surface area contributed by atoms with Gasteiger partial charge in [-0.3, -0.25) is 14.7 Å². The summed E-state index contributed by atoms with van der Waals surface area (Å²) < 4.78 is 0. The van der Waals surface area contributed by atoms with Crippen molar-refractivity contribution in [3.63, 3.8) is 0 Å². The molecule has 2 amide bonds. The van der Waals surface area contributed by atoms with Crippen molar-refractivity contribution in [2.75, 3.05) is 39.8 Å². The van der Waals surface area contributed by atoms with Gasteiger partial charge in [-0.25, -0.2) is 0 Å². The predicted octanol–water partition coefficient (Wildman–Crippen LogP) is 1.89. The molecule has 3 fully saturated rings. The second-order valence-electron chi connectivity index (χ2n) is 9.53. The average Bonchev–Trinajstić information content (AvgIpc) is 3.29. The van der Waals surface area contributed by atoms with E-state index in [0.717, 1.165) is 69.8 Å². The zero-order valence-electron chi connectivity index (χ0n) is 18.2. The topological polar surface area (TPSA) is 72.5 Å². The molecule has 4 heterocycles. The summed E-state index contributed by atoms with van der Waals surface area (Å²) >= 11 is 0. The van der Waals surface area contributed by atoms with Crippen molar-refractivity contribution in [1.29, 1.82) is 0 Å². The second kappa shape index (κ2) is 8.09. The Bertz CT molecular complexity index is 765. The zero-order valence-corrected chi connectivity index (χ0v) is 18.2. The minimum atomic E-state index is 0.210. The van der Waals surface area contributed by atoms with Gasteiger partial charge in [0.05, 0.1) is 5.69 Å². The van der Waals surface area contributed by atoms with Crippen LogP contribution in [0.3, 0.4) is 0 Å². The Hall–Kier alpha value is -1.89. The minimum absolute atomic E-state index is 0.210. The minimum Gasteiger partial charge on any atom is -0.343 e. The molecule has 160 valence electrons. The van der Waals surface area contributed by atoms with Crippen LogP contribution in [0.15, 0.2) is 0 Å². The lowest BCUT2D eigenvalue weighted by molar-refractivity contribution is -0.144. The van der Waals surface area contributed by atoms with Gasteiger partial charge in [0.2, 0.25) is 11.8 Å². The van der Waals surface area contributed by atoms with Gasteiger partial charge in [0.25, 0.3) is 0 Å². The highest BCUT2D eigenvalue weighted by molar-refractivity contribution is 5.78. The van der Waals surface area contributed by atoms with Crippen LogP contribution in [-0.4, -0.2) is 82.5 Å². The highest BCUT2D eigenvalue weighted by Crippen LogP contribution is 2.41. The van der Waals surface area contributed by atoms with E-state index in [1.807, 2.05) is 11.8 Å². The number of rotatable bonds is 4. The van der Waals surface area contributed by atoms with Crippen LogP contribution in [0.25, 0.3) is 0 Å². The van der Waals surface area contributed by atoms with E-state index in [9.17, 15) is 9.59 Å². The van der Waals surface area contributed by atoms with Crippen LogP contribution in [0.5, 0.6) is 0 Å². The molecule has 3 aliphatic rings. The van der Waals surface area contributed by atoms with Crippen molar-refractivity contribution in [3.05, 3.63) is 17.0 Å². The molecule has 1 unspecified atom stereocenters. The van der Waals surface area contributed by atoms with E-state index in [4.69, 9.17) is 0 Å². The summed E-state index contributed by atoms with van der Waals surface area (Å²) in [4.78, 5) is 31.8. The number of nitrogens with zero attached hydrogens (tertiary/aromatic N) is 4. The first kappa shape index (κ1) is 20.4. The van der Waals surface area contributed by atoms with E-state index >= 15 is 0 Å². The van der Waals surface area contributed by atoms with E-state index in [1.54, 1.807) is 0 Å². The van der Waals surface area contributed by atoms with Gasteiger partial charge in [-0.05, 0) is 64.1 Å². The molecule has 3 aliphatic heterocycles. The Morgan fingerprint density at radius 1 is 1.21 bits per heavy atom. The molecule has 0 saturated carbocycles. The summed E-state index contributed by atoms with van der Waals surface area (Å²) in [5.41, 5.74) is 3.46. The summed E-state index contributed by atoms with van der Waals surface area (Å²) in [6.45, 7) is 8.68. The van der Waals surface area contributed by atoms with Crippen molar-refractivity contribution >= 4 is 11.8 Å². The second-order valence-corrected chi connectivity index (χ2v) is 9.53. The molecule has 0 radical (unpaired) electrons. The van der Waals surface area contributed by atoms with Gasteiger partial charge >= 0.3 is 0 Å². The number of carbonyl (C=O) groups is 2. The van der Waals surface area contributed by atoms with E-state index in [2.05, 4.69) is 34.0 Å². The molecule has 0 bridgehead atoms. The molecule has 7 nitrogen and oxygen atoms in total. The lowest BCUT2D eigenvalue weighted by atomic mass is 9.72. The highest BCUT2D eigenvalue weighted by Gasteiger charge is 2.44. The molecule has 0 aromatic carbocycles. The Morgan fingerprint density at radius 2 is 1.97 bits per heavy atom. The van der Waals surface area contributed by atoms with Gasteiger partial charge in [0.15, 0.2) is 0 Å². The molecule has 4 rings (SSSR count). The number of nitrogens with one attached hydrogen (secondary N) is 1. The van der Waals surface area contributed by atoms with Gasteiger partial charge in [0.1, 0.15) is 0 Å². The van der Waals surface area contributed by atoms with Gasteiger partial charge in [-0.15, -0.1) is 0 Å². The van der Waals surface area contributed by atoms with Crippen molar-refractivity contribution in [2.24, 2.45) is 5.41 Å². The van der Waals surface area contributed by atoms with E-state index < -0.39 is 0 Å². The Balaban J connectivity index is 1.30. The molecule has 7 heteroatoms. The third-order valence-corrected chi connectivity index (χ3v) is 7.61. The number of likely N-dealkylation sites (N-methyl/N-ethyl adjacent to an activating group) is 1. The van der Waals surface area contributed by atoms with Crippen LogP contribution in [0.1, 0.15) is 55.5 Å². The predicted molar refractivity (Wildman–Crippen MR) is 111 cm³/mol. The first-order valence-corrected chi connectivity index (χ1v) is 11.1. The number of aromatic amines is 1. The van der Waals surface area contributed by atoms with Crippen LogP contribution >= 0.6 is 0 Å². The molecule has 1 N–H and O–H groups in total. The lowest BCUT2D eigenvalue weighted by Crippen LogP contribution is -2.55. The van der Waals surface area contributed by atoms with E-state index in [-0.39, 0.29) is 11.3 Å². The van der Waals surface area contributed by atoms with Crippen molar-refractivity contribution in [3.8, 4) is 0 Å². The van der Waals surface area contributed by atoms with Crippen molar-refractivity contribution < 1.29 is 9.59 Å². The Kier molecular flexibility index (Phi) is 5.69. The fourth-order valence-electron chi connectivity index (χ4n) is 5.34. The summed E-state index contributed by atoms with van der Waals surface area (Å²) in [6, 6.07) is 0.380. The van der Waals surface area contributed by atoms with Crippen molar-refractivity contribution in [1.82, 2.24) is 24.9 Å². The van der Waals surface area contributed by atoms with Crippen LogP contribution in [0.2, 0.25) is 0 Å². The van der Waals surface area contributed by atoms with Gasteiger partial charge in [0, 0.05) is 57.2 Å². The fraction of sp³-hybridized carbons (Fsp3) is 0.773. The quantitative estimate of drug-likeness (QED) is 0.836. The van der Waals surface area contributed by atoms with Crippen LogP contribution in [-0.2, 0) is 16.0 Å². The van der Waals surface area contributed by atoms with Gasteiger partial charge in [-0.2, -0.15) is 5.10 Å². The standard InChI is InChI=1S/C22H35N5O2/c1-16-17(2)23-24-19(16)4-5-20(28)26-12-9-22(10-13-26)8-6-21(29)27(15-22)18-7-11-25(3)14-18/h18H,4-15H2,1-3H3,(H,23,24). The maximum Gasteiger partial charge on any atom is 0.222 e. The summed E-state index contributed by atoms with van der Waals surface area (Å²) in [7, 11) is 2.14. The first-order chi connectivity index (χ1) is 13.9. The number of amides is 2. The molecule has 1 atom stereocenters. The number of H-pyrrole nitrogens is 1. The molecular formula is C22H35N5O2. The molecule has 1 spiro atoms. The lowest BCUT2D eigenvalue weighted by Gasteiger charge is -2.49. The van der Waals surface area contributed by atoms with Crippen LogP contribution in [0, 0.1) is 19.3 Å². The molecule has 3 saturated heterocycles. The van der Waals surface area contributed by atoms with Gasteiger partial charge in [-0.1, -0.05) is 0 Å². The fourth-order valence-corrected chi connectivity index (χ4v) is 5.34. The third-order valence-electron chi connectivity index (χ3n) is 7.61. The Morgan fingerprint density at radius 3 is 2.59 bits per heavy atom. The number of carbonyl (C=O) groups excluding carboxylic acids is 2. The summed E-state index contributed by atoms with van der Waals surface area (Å²) in [6.07, 6.45) is 6.02. The van der Waals surface area contributed by atoms with E-state index in [0.29, 0.717) is 31.2 Å². The number of piperidine rings is 2. The zero-order chi connectivity index (χ0) is 20.6. The van der Waals surface area contributed by atoms with Crippen molar-refractivity contribution in [2.45, 2.75) is 64.8 Å². The molecule has 1 aromatic heterocycles. The maximum atomic E-state index is 12.7. The normalized spacial score (nSPS) is 25.2. The monoisotopic (exact) mass is 401 g/mol. The van der Waals surface area contributed by atoms with E-state index in [1.165, 1.54) is 5.56 Å². The molecular weight excluding hydrogens is 366 g/mol. The maximum absolute atomic E-state index is 12.7. The SMILES string of the molecule is Cc1[nH]nc(CCC(=O)N2CCC3(CCC(=O)N(C4CCN(C)C4)C3)CC2)c1C. The van der Waals surface area contributed by atoms with Gasteiger partial charge < -0.3 is 14.7 Å². The largest absolute Gasteiger partial charge is 0.343 e. The third kappa shape index (κ3) is 4.20. The summed E-state index contributed by atoms with van der Waals surface area (Å²) in [5.74, 6) is 0.570. The number of aryl methyl sites for hydroxylation is 2. The molecule has 0 aliphatic carbocycles. The highest BCUT2D eigenvalue weighted by atomic mass is 16.2. The van der Waals surface area contributed by atoms with Crippen LogP contribution < -0.4 is 0 Å². The number of hydrogen-bond acceptors (Lipinski definition) is 4. The first-order valence-electron chi connectivity index (χ1n) is 11.1. The number of hydrogen-bond donors (Lipinski definition) is 1.